The van der Waals surface area contributed by atoms with E-state index in [0.717, 1.165) is 5.56 Å². The third kappa shape index (κ3) is 5.12. The van der Waals surface area contributed by atoms with E-state index in [1.807, 2.05) is 0 Å². The van der Waals surface area contributed by atoms with E-state index >= 15 is 0 Å². The Morgan fingerprint density at radius 3 is 1.76 bits per heavy atom. The summed E-state index contributed by atoms with van der Waals surface area (Å²) in [6, 6.07) is 12.0. The lowest BCUT2D eigenvalue weighted by Crippen LogP contribution is -2.17. The molecular weight excluding hydrogens is 326 g/mol. The van der Waals surface area contributed by atoms with E-state index in [0.29, 0.717) is 10.6 Å². The maximum absolute atomic E-state index is 12.0. The average Bonchev–Trinajstić information content (AvgIpc) is 2.38. The van der Waals surface area contributed by atoms with Gasteiger partial charge in [-0.1, -0.05) is 35.9 Å². The highest BCUT2D eigenvalue weighted by atomic mass is 35.5. The number of hydrogen-bond acceptors (Lipinski definition) is 2. The second kappa shape index (κ2) is 7.02. The molecule has 0 aliphatic heterocycles. The van der Waals surface area contributed by atoms with Gasteiger partial charge in [0, 0.05) is 5.02 Å². The highest BCUT2D eigenvalue weighted by Gasteiger charge is 2.31. The molecule has 2 rings (SSSR count). The van der Waals surface area contributed by atoms with Crippen LogP contribution >= 0.6 is 24.0 Å². The van der Waals surface area contributed by atoms with Gasteiger partial charge in [0.1, 0.15) is 5.75 Å². The van der Waals surface area contributed by atoms with Crippen LogP contribution in [-0.4, -0.2) is 6.36 Å². The van der Waals surface area contributed by atoms with Crippen molar-refractivity contribution in [2.75, 3.05) is 0 Å². The van der Waals surface area contributed by atoms with Crippen LogP contribution in [0.1, 0.15) is 17.2 Å². The Hall–Kier alpha value is -1.43. The molecule has 2 N–H and O–H groups in total. The van der Waals surface area contributed by atoms with E-state index in [1.54, 1.807) is 24.3 Å². The molecule has 0 radical (unpaired) electrons. The summed E-state index contributed by atoms with van der Waals surface area (Å²) in [5, 5.41) is 0.592. The fourth-order valence-electron chi connectivity index (χ4n) is 1.74. The van der Waals surface area contributed by atoms with Crippen molar-refractivity contribution in [2.45, 2.75) is 12.4 Å². The number of alkyl halides is 3. The lowest BCUT2D eigenvalue weighted by atomic mass is 10.00. The van der Waals surface area contributed by atoms with Crippen LogP contribution in [0.25, 0.3) is 0 Å². The van der Waals surface area contributed by atoms with Gasteiger partial charge in [-0.05, 0) is 35.4 Å². The Kier molecular flexibility index (Phi) is 5.89. The van der Waals surface area contributed by atoms with E-state index < -0.39 is 12.4 Å². The minimum absolute atomic E-state index is 0. The number of hydrogen-bond donors (Lipinski definition) is 1. The van der Waals surface area contributed by atoms with Gasteiger partial charge in [0.2, 0.25) is 0 Å². The van der Waals surface area contributed by atoms with Crippen LogP contribution < -0.4 is 10.5 Å². The summed E-state index contributed by atoms with van der Waals surface area (Å²) in [4.78, 5) is 0. The van der Waals surface area contributed by atoms with Crippen molar-refractivity contribution in [1.29, 1.82) is 0 Å². The number of benzene rings is 2. The van der Waals surface area contributed by atoms with Crippen molar-refractivity contribution >= 4 is 24.0 Å². The Labute approximate surface area is 131 Å². The Morgan fingerprint density at radius 1 is 0.905 bits per heavy atom. The van der Waals surface area contributed by atoms with Gasteiger partial charge in [-0.2, -0.15) is 0 Å². The standard InChI is InChI=1S/C14H11ClF3NO.ClH/c15-11-5-1-9(2-6-11)13(19)10-3-7-12(8-4-10)20-14(16,17)18;/h1-8,13H,19H2;1H/t13-;/m1./s1. The highest BCUT2D eigenvalue weighted by molar-refractivity contribution is 6.30. The third-order valence-electron chi connectivity index (χ3n) is 2.70. The van der Waals surface area contributed by atoms with E-state index in [1.165, 1.54) is 24.3 Å². The summed E-state index contributed by atoms with van der Waals surface area (Å²) in [6.45, 7) is 0. The first-order valence-corrected chi connectivity index (χ1v) is 6.10. The van der Waals surface area contributed by atoms with Gasteiger partial charge in [-0.3, -0.25) is 0 Å². The van der Waals surface area contributed by atoms with Gasteiger partial charge in [-0.15, -0.1) is 25.6 Å². The number of halogens is 5. The fourth-order valence-corrected chi connectivity index (χ4v) is 1.87. The van der Waals surface area contributed by atoms with Crippen LogP contribution in [0.2, 0.25) is 5.02 Å². The monoisotopic (exact) mass is 337 g/mol. The van der Waals surface area contributed by atoms with E-state index in [2.05, 4.69) is 4.74 Å². The summed E-state index contributed by atoms with van der Waals surface area (Å²) < 4.78 is 39.9. The molecule has 2 aromatic carbocycles. The van der Waals surface area contributed by atoms with Crippen molar-refractivity contribution < 1.29 is 17.9 Å². The SMILES string of the molecule is Cl.N[C@H](c1ccc(Cl)cc1)c1ccc(OC(F)(F)F)cc1. The molecule has 0 aliphatic rings. The molecule has 21 heavy (non-hydrogen) atoms. The first-order valence-electron chi connectivity index (χ1n) is 5.72. The molecule has 0 unspecified atom stereocenters. The molecule has 1 atom stereocenters. The lowest BCUT2D eigenvalue weighted by molar-refractivity contribution is -0.274. The summed E-state index contributed by atoms with van der Waals surface area (Å²) >= 11 is 5.78. The largest absolute Gasteiger partial charge is 0.573 e. The van der Waals surface area contributed by atoms with Crippen molar-refractivity contribution in [3.8, 4) is 5.75 Å². The molecule has 0 heterocycles. The first kappa shape index (κ1) is 17.6. The Morgan fingerprint density at radius 2 is 1.33 bits per heavy atom. The van der Waals surface area contributed by atoms with Crippen molar-refractivity contribution in [2.24, 2.45) is 5.73 Å². The molecule has 0 aliphatic carbocycles. The van der Waals surface area contributed by atoms with Gasteiger partial charge in [0.15, 0.2) is 0 Å². The zero-order valence-corrected chi connectivity index (χ0v) is 12.2. The van der Waals surface area contributed by atoms with Crippen LogP contribution in [0.4, 0.5) is 13.2 Å². The zero-order valence-electron chi connectivity index (χ0n) is 10.6. The molecule has 0 bridgehead atoms. The van der Waals surface area contributed by atoms with E-state index in [9.17, 15) is 13.2 Å². The second-order valence-corrected chi connectivity index (χ2v) is 4.58. The van der Waals surface area contributed by atoms with Crippen molar-refractivity contribution in [3.63, 3.8) is 0 Å². The summed E-state index contributed by atoms with van der Waals surface area (Å²) in [7, 11) is 0. The summed E-state index contributed by atoms with van der Waals surface area (Å²) in [5.41, 5.74) is 7.54. The van der Waals surface area contributed by atoms with Crippen LogP contribution in [-0.2, 0) is 0 Å². The normalized spacial score (nSPS) is 12.4. The molecule has 0 fully saturated rings. The summed E-state index contributed by atoms with van der Waals surface area (Å²) in [6.07, 6.45) is -4.69. The topological polar surface area (TPSA) is 35.2 Å². The zero-order chi connectivity index (χ0) is 14.8. The van der Waals surface area contributed by atoms with Crippen LogP contribution in [0, 0.1) is 0 Å². The fraction of sp³-hybridized carbons (Fsp3) is 0.143. The minimum Gasteiger partial charge on any atom is -0.406 e. The number of nitrogens with two attached hydrogens (primary N) is 1. The number of rotatable bonds is 3. The van der Waals surface area contributed by atoms with Gasteiger partial charge in [0.25, 0.3) is 0 Å². The predicted octanol–water partition coefficient (Wildman–Crippen LogP) is 4.71. The minimum atomic E-state index is -4.69. The first-order chi connectivity index (χ1) is 9.35. The van der Waals surface area contributed by atoms with E-state index in [-0.39, 0.29) is 18.2 Å². The van der Waals surface area contributed by atoms with Gasteiger partial charge >= 0.3 is 6.36 Å². The highest BCUT2D eigenvalue weighted by Crippen LogP contribution is 2.26. The van der Waals surface area contributed by atoms with Crippen LogP contribution in [0.3, 0.4) is 0 Å². The van der Waals surface area contributed by atoms with Gasteiger partial charge in [0.05, 0.1) is 6.04 Å². The van der Waals surface area contributed by atoms with E-state index in [4.69, 9.17) is 17.3 Å². The molecule has 2 nitrogen and oxygen atoms in total. The second-order valence-electron chi connectivity index (χ2n) is 4.15. The quantitative estimate of drug-likeness (QED) is 0.880. The number of ether oxygens (including phenoxy) is 1. The molecule has 7 heteroatoms. The molecule has 0 amide bonds. The third-order valence-corrected chi connectivity index (χ3v) is 2.95. The Balaban J connectivity index is 0.00000220. The van der Waals surface area contributed by atoms with Crippen LogP contribution in [0.15, 0.2) is 48.5 Å². The average molecular weight is 338 g/mol. The molecular formula is C14H12Cl2F3NO. The molecule has 2 aromatic rings. The maximum atomic E-state index is 12.0. The predicted molar refractivity (Wildman–Crippen MR) is 77.9 cm³/mol. The Bertz CT molecular complexity index is 570. The maximum Gasteiger partial charge on any atom is 0.573 e. The molecule has 114 valence electrons. The molecule has 0 saturated heterocycles. The lowest BCUT2D eigenvalue weighted by Gasteiger charge is -2.14. The smallest absolute Gasteiger partial charge is 0.406 e. The van der Waals surface area contributed by atoms with Crippen molar-refractivity contribution in [1.82, 2.24) is 0 Å². The van der Waals surface area contributed by atoms with Gasteiger partial charge in [-0.25, -0.2) is 0 Å². The molecule has 0 saturated carbocycles. The van der Waals surface area contributed by atoms with Gasteiger partial charge < -0.3 is 10.5 Å². The van der Waals surface area contributed by atoms with Crippen molar-refractivity contribution in [3.05, 3.63) is 64.7 Å². The summed E-state index contributed by atoms with van der Waals surface area (Å²) in [5.74, 6) is -0.274. The molecule has 0 spiro atoms. The molecule has 0 aromatic heterocycles. The van der Waals surface area contributed by atoms with Crippen LogP contribution in [0.5, 0.6) is 5.75 Å².